The van der Waals surface area contributed by atoms with E-state index in [4.69, 9.17) is 0 Å². The molecule has 1 unspecified atom stereocenters. The third-order valence-corrected chi connectivity index (χ3v) is 3.64. The molecular weight excluding hydrogens is 172 g/mol. The predicted molar refractivity (Wildman–Crippen MR) is 61.3 cm³/mol. The molecule has 0 aromatic heterocycles. The summed E-state index contributed by atoms with van der Waals surface area (Å²) >= 11 is 0. The molecule has 1 aliphatic rings. The third-order valence-electron chi connectivity index (χ3n) is 3.64. The van der Waals surface area contributed by atoms with E-state index in [9.17, 15) is 5.11 Å². The van der Waals surface area contributed by atoms with Gasteiger partial charge in [0.1, 0.15) is 5.76 Å². The second-order valence-corrected chi connectivity index (χ2v) is 4.86. The molecule has 1 nitrogen and oxygen atoms in total. The molecule has 0 aromatic carbocycles. The molecule has 0 aliphatic heterocycles. The van der Waals surface area contributed by atoms with Gasteiger partial charge in [-0.05, 0) is 38.2 Å². The van der Waals surface area contributed by atoms with Crippen molar-refractivity contribution in [1.82, 2.24) is 0 Å². The monoisotopic (exact) mass is 194 g/mol. The fraction of sp³-hybridized carbons (Fsp3) is 0.692. The summed E-state index contributed by atoms with van der Waals surface area (Å²) in [6.45, 7) is 10.7. The summed E-state index contributed by atoms with van der Waals surface area (Å²) in [7, 11) is 0. The van der Waals surface area contributed by atoms with Crippen molar-refractivity contribution in [3.05, 3.63) is 23.0 Å². The van der Waals surface area contributed by atoms with E-state index in [2.05, 4.69) is 33.8 Å². The van der Waals surface area contributed by atoms with Gasteiger partial charge in [-0.15, -0.1) is 0 Å². The summed E-state index contributed by atoms with van der Waals surface area (Å²) in [5.74, 6) is 1.10. The van der Waals surface area contributed by atoms with Crippen LogP contribution >= 0.6 is 0 Å². The molecule has 0 bridgehead atoms. The van der Waals surface area contributed by atoms with Crippen molar-refractivity contribution in [1.29, 1.82) is 0 Å². The van der Waals surface area contributed by atoms with Crippen LogP contribution in [-0.4, -0.2) is 5.11 Å². The van der Waals surface area contributed by atoms with Crippen molar-refractivity contribution in [3.63, 3.8) is 0 Å². The van der Waals surface area contributed by atoms with Crippen molar-refractivity contribution in [2.24, 2.45) is 11.3 Å². The Labute approximate surface area is 87.5 Å². The first-order valence-electron chi connectivity index (χ1n) is 5.51. The highest BCUT2D eigenvalue weighted by Gasteiger charge is 2.39. The highest BCUT2D eigenvalue weighted by Crippen LogP contribution is 2.47. The molecule has 0 fully saturated rings. The van der Waals surface area contributed by atoms with Crippen molar-refractivity contribution in [2.75, 3.05) is 0 Å². The van der Waals surface area contributed by atoms with Gasteiger partial charge in [0.15, 0.2) is 0 Å². The van der Waals surface area contributed by atoms with Gasteiger partial charge in [-0.1, -0.05) is 32.4 Å². The Morgan fingerprint density at radius 2 is 2.00 bits per heavy atom. The number of aliphatic hydroxyl groups excluding tert-OH is 1. The molecular formula is C13H22O. The lowest BCUT2D eigenvalue weighted by Crippen LogP contribution is -2.32. The van der Waals surface area contributed by atoms with Gasteiger partial charge in [0.25, 0.3) is 0 Å². The zero-order valence-electron chi connectivity index (χ0n) is 10.0. The topological polar surface area (TPSA) is 20.2 Å². The maximum atomic E-state index is 10.2. The van der Waals surface area contributed by atoms with Gasteiger partial charge in [-0.2, -0.15) is 0 Å². The van der Waals surface area contributed by atoms with Crippen LogP contribution in [0.3, 0.4) is 0 Å². The Bertz CT molecular complexity index is 284. The average Bonchev–Trinajstić information content (AvgIpc) is 2.10. The smallest absolute Gasteiger partial charge is 0.102 e. The number of aliphatic hydroxyl groups is 1. The maximum Gasteiger partial charge on any atom is 0.102 e. The third kappa shape index (κ3) is 1.60. The minimum absolute atomic E-state index is 0.0110. The van der Waals surface area contributed by atoms with Gasteiger partial charge < -0.3 is 5.11 Å². The van der Waals surface area contributed by atoms with Crippen molar-refractivity contribution < 1.29 is 5.11 Å². The van der Waals surface area contributed by atoms with Gasteiger partial charge in [-0.25, -0.2) is 0 Å². The van der Waals surface area contributed by atoms with Crippen LogP contribution in [0.2, 0.25) is 0 Å². The van der Waals surface area contributed by atoms with Crippen LogP contribution in [0, 0.1) is 11.3 Å². The first-order chi connectivity index (χ1) is 6.44. The van der Waals surface area contributed by atoms with Crippen LogP contribution in [0.25, 0.3) is 0 Å². The van der Waals surface area contributed by atoms with Gasteiger partial charge >= 0.3 is 0 Å². The molecule has 0 heterocycles. The summed E-state index contributed by atoms with van der Waals surface area (Å²) < 4.78 is 0. The van der Waals surface area contributed by atoms with Gasteiger partial charge in [0.05, 0.1) is 0 Å². The minimum atomic E-state index is -0.0110. The molecule has 0 amide bonds. The second kappa shape index (κ2) is 3.80. The Morgan fingerprint density at radius 3 is 2.43 bits per heavy atom. The lowest BCUT2D eigenvalue weighted by Gasteiger charge is -2.39. The molecule has 0 aromatic rings. The lowest BCUT2D eigenvalue weighted by molar-refractivity contribution is 0.140. The van der Waals surface area contributed by atoms with E-state index >= 15 is 0 Å². The van der Waals surface area contributed by atoms with E-state index in [0.29, 0.717) is 11.7 Å². The summed E-state index contributed by atoms with van der Waals surface area (Å²) in [5.41, 5.74) is 2.42. The molecule has 1 atom stereocenters. The van der Waals surface area contributed by atoms with E-state index < -0.39 is 0 Å². The number of hydrogen-bond donors (Lipinski definition) is 1. The fourth-order valence-corrected chi connectivity index (χ4v) is 2.64. The number of hydrogen-bond acceptors (Lipinski definition) is 1. The summed E-state index contributed by atoms with van der Waals surface area (Å²) in [5, 5.41) is 10.2. The highest BCUT2D eigenvalue weighted by molar-refractivity contribution is 5.33. The molecule has 0 saturated heterocycles. The molecule has 14 heavy (non-hydrogen) atoms. The molecule has 0 radical (unpaired) electrons. The van der Waals surface area contributed by atoms with E-state index in [1.54, 1.807) is 0 Å². The maximum absolute atomic E-state index is 10.2. The van der Waals surface area contributed by atoms with Crippen LogP contribution in [0.15, 0.2) is 23.0 Å². The summed E-state index contributed by atoms with van der Waals surface area (Å²) in [6.07, 6.45) is 4.12. The first kappa shape index (κ1) is 11.4. The lowest BCUT2D eigenvalue weighted by atomic mass is 9.66. The van der Waals surface area contributed by atoms with Gasteiger partial charge in [0, 0.05) is 5.41 Å². The molecule has 1 N–H and O–H groups in total. The molecule has 1 rings (SSSR count). The van der Waals surface area contributed by atoms with Crippen LogP contribution in [0.1, 0.15) is 47.5 Å². The zero-order chi connectivity index (χ0) is 10.9. The SMILES string of the molecule is CCC1(C(C)C)CC(C)=CC(C)=C1O. The largest absolute Gasteiger partial charge is 0.511 e. The van der Waals surface area contributed by atoms with Crippen molar-refractivity contribution >= 4 is 0 Å². The van der Waals surface area contributed by atoms with E-state index in [1.807, 2.05) is 6.92 Å². The van der Waals surface area contributed by atoms with Crippen LogP contribution in [0.4, 0.5) is 0 Å². The molecule has 1 heteroatoms. The fourth-order valence-electron chi connectivity index (χ4n) is 2.64. The predicted octanol–water partition coefficient (Wildman–Crippen LogP) is 4.22. The minimum Gasteiger partial charge on any atom is -0.511 e. The van der Waals surface area contributed by atoms with E-state index in [-0.39, 0.29) is 5.41 Å². The Balaban J connectivity index is 3.18. The average molecular weight is 194 g/mol. The van der Waals surface area contributed by atoms with Crippen molar-refractivity contribution in [3.8, 4) is 0 Å². The van der Waals surface area contributed by atoms with Gasteiger partial charge in [0.2, 0.25) is 0 Å². The summed E-state index contributed by atoms with van der Waals surface area (Å²) in [4.78, 5) is 0. The molecule has 0 spiro atoms. The molecule has 1 aliphatic carbocycles. The van der Waals surface area contributed by atoms with E-state index in [0.717, 1.165) is 18.4 Å². The zero-order valence-corrected chi connectivity index (χ0v) is 10.0. The quantitative estimate of drug-likeness (QED) is 0.697. The first-order valence-corrected chi connectivity index (χ1v) is 5.51. The molecule has 80 valence electrons. The molecule has 0 saturated carbocycles. The highest BCUT2D eigenvalue weighted by atomic mass is 16.3. The van der Waals surface area contributed by atoms with Crippen LogP contribution in [0.5, 0.6) is 0 Å². The van der Waals surface area contributed by atoms with Crippen LogP contribution < -0.4 is 0 Å². The number of rotatable bonds is 2. The standard InChI is InChI=1S/C13H22O/c1-6-13(9(2)3)8-10(4)7-11(5)12(13)14/h7,9,14H,6,8H2,1-5H3. The normalized spacial score (nSPS) is 28.3. The number of allylic oxidation sites excluding steroid dienone is 4. The van der Waals surface area contributed by atoms with Crippen LogP contribution in [-0.2, 0) is 0 Å². The Kier molecular flexibility index (Phi) is 3.08. The van der Waals surface area contributed by atoms with Crippen molar-refractivity contribution in [2.45, 2.75) is 47.5 Å². The van der Waals surface area contributed by atoms with Gasteiger partial charge in [-0.3, -0.25) is 0 Å². The Morgan fingerprint density at radius 1 is 1.43 bits per heavy atom. The van der Waals surface area contributed by atoms with E-state index in [1.165, 1.54) is 5.57 Å². The summed E-state index contributed by atoms with van der Waals surface area (Å²) in [6, 6.07) is 0. The Hall–Kier alpha value is -0.720. The second-order valence-electron chi connectivity index (χ2n) is 4.86.